The quantitative estimate of drug-likeness (QED) is 0.872. The molecule has 0 fully saturated rings. The lowest BCUT2D eigenvalue weighted by atomic mass is 9.92. The van der Waals surface area contributed by atoms with E-state index in [4.69, 9.17) is 0 Å². The van der Waals surface area contributed by atoms with Gasteiger partial charge in [-0.2, -0.15) is 0 Å². The van der Waals surface area contributed by atoms with Gasteiger partial charge in [0.25, 0.3) is 0 Å². The second-order valence-electron chi connectivity index (χ2n) is 6.28. The number of aliphatic hydroxyl groups excluding tert-OH is 1. The molecule has 20 heavy (non-hydrogen) atoms. The highest BCUT2D eigenvalue weighted by Gasteiger charge is 2.22. The van der Waals surface area contributed by atoms with Gasteiger partial charge in [0.2, 0.25) is 10.0 Å². The summed E-state index contributed by atoms with van der Waals surface area (Å²) in [6.07, 6.45) is 4.31. The van der Waals surface area contributed by atoms with Crippen molar-refractivity contribution in [3.8, 4) is 0 Å². The van der Waals surface area contributed by atoms with E-state index < -0.39 is 15.4 Å². The van der Waals surface area contributed by atoms with Gasteiger partial charge in [-0.3, -0.25) is 0 Å². The summed E-state index contributed by atoms with van der Waals surface area (Å²) >= 11 is 0. The van der Waals surface area contributed by atoms with Crippen molar-refractivity contribution in [1.82, 2.24) is 4.72 Å². The maximum Gasteiger partial charge on any atom is 0.240 e. The highest BCUT2D eigenvalue weighted by Crippen LogP contribution is 2.24. The van der Waals surface area contributed by atoms with Crippen LogP contribution in [0.15, 0.2) is 23.1 Å². The molecule has 0 aromatic heterocycles. The Bertz CT molecular complexity index is 579. The Hall–Kier alpha value is -0.910. The molecule has 0 spiro atoms. The Morgan fingerprint density at radius 2 is 1.85 bits per heavy atom. The zero-order valence-corrected chi connectivity index (χ0v) is 13.0. The molecular weight excluding hydrogens is 274 g/mol. The first-order valence-corrected chi connectivity index (χ1v) is 8.55. The summed E-state index contributed by atoms with van der Waals surface area (Å²) in [5, 5.41) is 9.18. The number of hydrogen-bond acceptors (Lipinski definition) is 3. The third-order valence-corrected chi connectivity index (χ3v) is 5.20. The zero-order chi connectivity index (χ0) is 14.8. The van der Waals surface area contributed by atoms with Gasteiger partial charge in [0.1, 0.15) is 0 Å². The van der Waals surface area contributed by atoms with E-state index in [9.17, 15) is 13.5 Å². The first kappa shape index (κ1) is 15.5. The fourth-order valence-electron chi connectivity index (χ4n) is 2.31. The normalized spacial score (nSPS) is 15.9. The molecule has 0 atom stereocenters. The van der Waals surface area contributed by atoms with Crippen molar-refractivity contribution in [2.24, 2.45) is 5.41 Å². The van der Waals surface area contributed by atoms with Crippen LogP contribution in [0.1, 0.15) is 37.8 Å². The lowest BCUT2D eigenvalue weighted by molar-refractivity contribution is 0.163. The molecule has 0 bridgehead atoms. The van der Waals surface area contributed by atoms with E-state index in [-0.39, 0.29) is 13.2 Å². The van der Waals surface area contributed by atoms with Crippen molar-refractivity contribution in [2.45, 2.75) is 44.4 Å². The number of aliphatic hydroxyl groups is 1. The summed E-state index contributed by atoms with van der Waals surface area (Å²) in [6.45, 7) is 3.81. The Balaban J connectivity index is 2.17. The maximum atomic E-state index is 12.3. The molecule has 0 aliphatic heterocycles. The number of aryl methyl sites for hydroxylation is 2. The molecule has 5 heteroatoms. The molecule has 112 valence electrons. The molecule has 1 aromatic carbocycles. The molecule has 1 aliphatic carbocycles. The minimum Gasteiger partial charge on any atom is -0.396 e. The van der Waals surface area contributed by atoms with Gasteiger partial charge in [-0.05, 0) is 48.9 Å². The van der Waals surface area contributed by atoms with E-state index in [0.717, 1.165) is 24.8 Å². The van der Waals surface area contributed by atoms with Crippen LogP contribution in [0.2, 0.25) is 0 Å². The van der Waals surface area contributed by atoms with E-state index >= 15 is 0 Å². The number of hydrogen-bond donors (Lipinski definition) is 2. The van der Waals surface area contributed by atoms with Gasteiger partial charge in [-0.25, -0.2) is 13.1 Å². The Morgan fingerprint density at radius 3 is 2.50 bits per heavy atom. The van der Waals surface area contributed by atoms with E-state index in [1.165, 1.54) is 12.0 Å². The topological polar surface area (TPSA) is 66.4 Å². The van der Waals surface area contributed by atoms with Crippen LogP contribution in [0.5, 0.6) is 0 Å². The summed E-state index contributed by atoms with van der Waals surface area (Å²) in [5.41, 5.74) is 1.97. The molecule has 1 aliphatic rings. The fourth-order valence-corrected chi connectivity index (χ4v) is 3.60. The van der Waals surface area contributed by atoms with Crippen molar-refractivity contribution in [2.75, 3.05) is 13.2 Å². The first-order chi connectivity index (χ1) is 9.34. The summed E-state index contributed by atoms with van der Waals surface area (Å²) < 4.78 is 27.2. The zero-order valence-electron chi connectivity index (χ0n) is 12.1. The van der Waals surface area contributed by atoms with Gasteiger partial charge in [0, 0.05) is 18.6 Å². The lowest BCUT2D eigenvalue weighted by Crippen LogP contribution is -2.36. The van der Waals surface area contributed by atoms with Gasteiger partial charge in [0.05, 0.1) is 4.90 Å². The molecule has 2 N–H and O–H groups in total. The van der Waals surface area contributed by atoms with Gasteiger partial charge < -0.3 is 5.11 Å². The van der Waals surface area contributed by atoms with E-state index in [2.05, 4.69) is 4.72 Å². The van der Waals surface area contributed by atoms with Crippen LogP contribution in [0.25, 0.3) is 0 Å². The van der Waals surface area contributed by atoms with Crippen molar-refractivity contribution < 1.29 is 13.5 Å². The van der Waals surface area contributed by atoms with Crippen LogP contribution in [-0.2, 0) is 22.9 Å². The first-order valence-electron chi connectivity index (χ1n) is 7.06. The molecule has 0 heterocycles. The summed E-state index contributed by atoms with van der Waals surface area (Å²) in [7, 11) is -3.50. The van der Waals surface area contributed by atoms with Crippen LogP contribution >= 0.6 is 0 Å². The van der Waals surface area contributed by atoms with Gasteiger partial charge in [-0.15, -0.1) is 0 Å². The second-order valence-corrected chi connectivity index (χ2v) is 8.05. The highest BCUT2D eigenvalue weighted by molar-refractivity contribution is 7.89. The average molecular weight is 297 g/mol. The van der Waals surface area contributed by atoms with Crippen molar-refractivity contribution in [3.05, 3.63) is 29.3 Å². The van der Waals surface area contributed by atoms with E-state index in [1.54, 1.807) is 12.1 Å². The van der Waals surface area contributed by atoms with Crippen molar-refractivity contribution >= 4 is 10.0 Å². The minimum atomic E-state index is -3.50. The molecular formula is C15H23NO3S. The largest absolute Gasteiger partial charge is 0.396 e. The molecule has 0 radical (unpaired) electrons. The van der Waals surface area contributed by atoms with Crippen LogP contribution in [0, 0.1) is 5.41 Å². The SMILES string of the molecule is CC(C)(CO)CNS(=O)(=O)c1ccc2c(c1)CCCC2. The number of nitrogens with one attached hydrogen (secondary N) is 1. The number of rotatable bonds is 5. The predicted octanol–water partition coefficient (Wildman–Crippen LogP) is 1.86. The lowest BCUT2D eigenvalue weighted by Gasteiger charge is -2.22. The third kappa shape index (κ3) is 3.59. The van der Waals surface area contributed by atoms with Crippen LogP contribution in [-0.4, -0.2) is 26.7 Å². The van der Waals surface area contributed by atoms with Gasteiger partial charge in [0.15, 0.2) is 0 Å². The van der Waals surface area contributed by atoms with E-state index in [0.29, 0.717) is 4.90 Å². The van der Waals surface area contributed by atoms with Crippen molar-refractivity contribution in [3.63, 3.8) is 0 Å². The van der Waals surface area contributed by atoms with Gasteiger partial charge >= 0.3 is 0 Å². The van der Waals surface area contributed by atoms with Crippen LogP contribution in [0.3, 0.4) is 0 Å². The number of benzene rings is 1. The summed E-state index contributed by atoms with van der Waals surface area (Å²) in [5.74, 6) is 0. The number of sulfonamides is 1. The minimum absolute atomic E-state index is 0.0558. The molecule has 1 aromatic rings. The van der Waals surface area contributed by atoms with E-state index in [1.807, 2.05) is 19.9 Å². The second kappa shape index (κ2) is 5.84. The Morgan fingerprint density at radius 1 is 1.20 bits per heavy atom. The van der Waals surface area contributed by atoms with Crippen LogP contribution in [0.4, 0.5) is 0 Å². The van der Waals surface area contributed by atoms with Gasteiger partial charge in [-0.1, -0.05) is 19.9 Å². The standard InChI is InChI=1S/C15H23NO3S/c1-15(2,11-17)10-16-20(18,19)14-8-7-12-5-3-4-6-13(12)9-14/h7-9,16-17H,3-6,10-11H2,1-2H3. The summed E-state index contributed by atoms with van der Waals surface area (Å²) in [6, 6.07) is 5.40. The monoisotopic (exact) mass is 297 g/mol. The molecule has 2 rings (SSSR count). The maximum absolute atomic E-state index is 12.3. The number of fused-ring (bicyclic) bond motifs is 1. The molecule has 0 amide bonds. The Labute approximate surface area is 121 Å². The fraction of sp³-hybridized carbons (Fsp3) is 0.600. The summed E-state index contributed by atoms with van der Waals surface area (Å²) in [4.78, 5) is 0.326. The van der Waals surface area contributed by atoms with Crippen molar-refractivity contribution in [1.29, 1.82) is 0 Å². The molecule has 4 nitrogen and oxygen atoms in total. The highest BCUT2D eigenvalue weighted by atomic mass is 32.2. The average Bonchev–Trinajstić information content (AvgIpc) is 2.45. The molecule has 0 unspecified atom stereocenters. The predicted molar refractivity (Wildman–Crippen MR) is 79.1 cm³/mol. The van der Waals surface area contributed by atoms with Crippen LogP contribution < -0.4 is 4.72 Å². The third-order valence-electron chi connectivity index (χ3n) is 3.80. The Kier molecular flexibility index (Phi) is 4.52. The smallest absolute Gasteiger partial charge is 0.240 e. The molecule has 0 saturated carbocycles. The molecule has 0 saturated heterocycles.